The van der Waals surface area contributed by atoms with Gasteiger partial charge in [0.1, 0.15) is 11.8 Å². The van der Waals surface area contributed by atoms with E-state index in [-0.39, 0.29) is 0 Å². The molecule has 1 unspecified atom stereocenters. The van der Waals surface area contributed by atoms with Crippen molar-refractivity contribution < 1.29 is 19.4 Å². The highest BCUT2D eigenvalue weighted by Gasteiger charge is 2.09. The van der Waals surface area contributed by atoms with Crippen LogP contribution in [0.15, 0.2) is 42.5 Å². The van der Waals surface area contributed by atoms with E-state index < -0.39 is 12.0 Å². The fraction of sp³-hybridized carbons (Fsp3) is 0.333. The lowest BCUT2D eigenvalue weighted by molar-refractivity contribution is -0.138. The standard InChI is InChI=1S/C8H11NO.C7H4Cl2O.C6H14N2O2/c1-10-8-5-3-2-4-7(8)6-9;8-6-2-1-5(4-10)7(9)3-6;7-4-2-1-3-5(8)6(9)10/h2-5H,6,9H2,1H3;1-4H;5H,1-4,7-8H2,(H,9,10). The molecule has 0 aliphatic rings. The number of halogens is 2. The topological polar surface area (TPSA) is 142 Å². The van der Waals surface area contributed by atoms with Crippen LogP contribution >= 0.6 is 23.2 Å². The Bertz CT molecular complexity index is 753. The van der Waals surface area contributed by atoms with Crippen LogP contribution in [0.2, 0.25) is 10.0 Å². The minimum atomic E-state index is -0.933. The molecule has 1 atom stereocenters. The Kier molecular flexibility index (Phi) is 15.4. The molecule has 166 valence electrons. The number of benzene rings is 2. The minimum absolute atomic E-state index is 0.391. The second-order valence-corrected chi connectivity index (χ2v) is 6.87. The van der Waals surface area contributed by atoms with E-state index in [1.165, 1.54) is 6.07 Å². The summed E-state index contributed by atoms with van der Waals surface area (Å²) in [4.78, 5) is 20.3. The summed E-state index contributed by atoms with van der Waals surface area (Å²) < 4.78 is 5.06. The van der Waals surface area contributed by atoms with Crippen molar-refractivity contribution in [2.75, 3.05) is 13.7 Å². The summed E-state index contributed by atoms with van der Waals surface area (Å²) in [5.41, 5.74) is 17.4. The summed E-state index contributed by atoms with van der Waals surface area (Å²) in [6.45, 7) is 1.14. The highest BCUT2D eigenvalue weighted by molar-refractivity contribution is 6.36. The molecular formula is C21H29Cl2N3O4. The van der Waals surface area contributed by atoms with Gasteiger partial charge in [-0.25, -0.2) is 0 Å². The molecule has 2 aromatic carbocycles. The number of unbranched alkanes of at least 4 members (excludes halogenated alkanes) is 1. The summed E-state index contributed by atoms with van der Waals surface area (Å²) in [6, 6.07) is 11.8. The van der Waals surface area contributed by atoms with Crippen LogP contribution in [-0.2, 0) is 11.3 Å². The van der Waals surface area contributed by atoms with Crippen LogP contribution in [0, 0.1) is 0 Å². The van der Waals surface area contributed by atoms with Crippen LogP contribution < -0.4 is 21.9 Å². The van der Waals surface area contributed by atoms with E-state index in [1.54, 1.807) is 19.2 Å². The van der Waals surface area contributed by atoms with E-state index in [4.69, 9.17) is 50.2 Å². The molecule has 2 aromatic rings. The van der Waals surface area contributed by atoms with E-state index in [0.717, 1.165) is 24.2 Å². The predicted molar refractivity (Wildman–Crippen MR) is 121 cm³/mol. The van der Waals surface area contributed by atoms with E-state index in [9.17, 15) is 9.59 Å². The Morgan fingerprint density at radius 3 is 2.30 bits per heavy atom. The van der Waals surface area contributed by atoms with Gasteiger partial charge in [0.25, 0.3) is 0 Å². The van der Waals surface area contributed by atoms with Gasteiger partial charge in [-0.3, -0.25) is 9.59 Å². The van der Waals surface area contributed by atoms with Gasteiger partial charge in [0, 0.05) is 22.7 Å². The summed E-state index contributed by atoms with van der Waals surface area (Å²) in [6.07, 6.45) is 2.86. The number of aliphatic carboxylic acids is 1. The quantitative estimate of drug-likeness (QED) is 0.350. The van der Waals surface area contributed by atoms with Crippen molar-refractivity contribution in [3.05, 3.63) is 63.6 Å². The Morgan fingerprint density at radius 1 is 1.17 bits per heavy atom. The van der Waals surface area contributed by atoms with E-state index in [0.29, 0.717) is 41.4 Å². The van der Waals surface area contributed by atoms with Gasteiger partial charge < -0.3 is 27.0 Å². The molecule has 0 saturated carbocycles. The monoisotopic (exact) mass is 457 g/mol. The van der Waals surface area contributed by atoms with Crippen molar-refractivity contribution in [1.82, 2.24) is 0 Å². The molecule has 0 amide bonds. The third-order valence-electron chi connectivity index (χ3n) is 3.79. The van der Waals surface area contributed by atoms with Crippen LogP contribution in [-0.4, -0.2) is 37.1 Å². The first-order chi connectivity index (χ1) is 14.3. The number of hydrogen-bond acceptors (Lipinski definition) is 6. The lowest BCUT2D eigenvalue weighted by Crippen LogP contribution is -2.29. The molecule has 0 aliphatic heterocycles. The molecule has 7 N–H and O–H groups in total. The SMILES string of the molecule is COc1ccccc1CN.NCCCCC(N)C(=O)O.O=Cc1ccc(Cl)cc1Cl. The molecule has 0 fully saturated rings. The fourth-order valence-corrected chi connectivity index (χ4v) is 2.55. The Morgan fingerprint density at radius 2 is 1.83 bits per heavy atom. The average molecular weight is 458 g/mol. The number of ether oxygens (including phenoxy) is 1. The molecular weight excluding hydrogens is 429 g/mol. The van der Waals surface area contributed by atoms with Crippen LogP contribution in [0.25, 0.3) is 0 Å². The molecule has 0 aliphatic carbocycles. The number of carbonyl (C=O) groups excluding carboxylic acids is 1. The van der Waals surface area contributed by atoms with E-state index >= 15 is 0 Å². The molecule has 0 bridgehead atoms. The van der Waals surface area contributed by atoms with Gasteiger partial charge in [-0.05, 0) is 43.7 Å². The largest absolute Gasteiger partial charge is 0.496 e. The Hall–Kier alpha value is -2.16. The van der Waals surface area contributed by atoms with Gasteiger partial charge in [0.15, 0.2) is 6.29 Å². The summed E-state index contributed by atoms with van der Waals surface area (Å²) in [5.74, 6) is -0.0676. The zero-order valence-corrected chi connectivity index (χ0v) is 18.4. The molecule has 30 heavy (non-hydrogen) atoms. The smallest absolute Gasteiger partial charge is 0.320 e. The molecule has 0 radical (unpaired) electrons. The van der Waals surface area contributed by atoms with Gasteiger partial charge >= 0.3 is 5.97 Å². The normalized spacial score (nSPS) is 10.6. The summed E-state index contributed by atoms with van der Waals surface area (Å²) >= 11 is 11.2. The van der Waals surface area contributed by atoms with Gasteiger partial charge in [0.2, 0.25) is 0 Å². The number of methoxy groups -OCH3 is 1. The zero-order chi connectivity index (χ0) is 22.9. The number of carbonyl (C=O) groups is 2. The van der Waals surface area contributed by atoms with Crippen molar-refractivity contribution >= 4 is 35.5 Å². The fourth-order valence-electron chi connectivity index (χ4n) is 2.10. The van der Waals surface area contributed by atoms with Gasteiger partial charge in [-0.15, -0.1) is 0 Å². The third-order valence-corrected chi connectivity index (χ3v) is 4.35. The molecule has 0 saturated heterocycles. The van der Waals surface area contributed by atoms with Crippen LogP contribution in [0.3, 0.4) is 0 Å². The number of rotatable bonds is 8. The van der Waals surface area contributed by atoms with Crippen LogP contribution in [0.4, 0.5) is 0 Å². The maximum atomic E-state index is 10.2. The van der Waals surface area contributed by atoms with E-state index in [1.807, 2.05) is 24.3 Å². The zero-order valence-electron chi connectivity index (χ0n) is 16.9. The van der Waals surface area contributed by atoms with Crippen LogP contribution in [0.5, 0.6) is 5.75 Å². The molecule has 0 heterocycles. The van der Waals surface area contributed by atoms with Gasteiger partial charge in [-0.1, -0.05) is 47.8 Å². The molecule has 0 aromatic heterocycles. The number of carboxylic acids is 1. The van der Waals surface area contributed by atoms with Gasteiger partial charge in [0.05, 0.1) is 12.1 Å². The number of aldehydes is 1. The maximum absolute atomic E-state index is 10.2. The molecule has 0 spiro atoms. The number of para-hydroxylation sites is 1. The third kappa shape index (κ3) is 11.7. The highest BCUT2D eigenvalue weighted by Crippen LogP contribution is 2.19. The number of nitrogens with two attached hydrogens (primary N) is 3. The van der Waals surface area contributed by atoms with Crippen molar-refractivity contribution in [2.24, 2.45) is 17.2 Å². The van der Waals surface area contributed by atoms with Crippen molar-refractivity contribution in [3.8, 4) is 5.75 Å². The molecule has 7 nitrogen and oxygen atoms in total. The number of carboxylic acid groups (broad SMARTS) is 1. The lowest BCUT2D eigenvalue weighted by atomic mass is 10.1. The average Bonchev–Trinajstić information content (AvgIpc) is 2.74. The summed E-state index contributed by atoms with van der Waals surface area (Å²) in [5, 5.41) is 9.25. The second-order valence-electron chi connectivity index (χ2n) is 6.03. The first kappa shape index (κ1) is 27.8. The van der Waals surface area contributed by atoms with Crippen molar-refractivity contribution in [1.29, 1.82) is 0 Å². The van der Waals surface area contributed by atoms with Crippen molar-refractivity contribution in [3.63, 3.8) is 0 Å². The second kappa shape index (κ2) is 16.6. The van der Waals surface area contributed by atoms with E-state index in [2.05, 4.69) is 0 Å². The van der Waals surface area contributed by atoms with Crippen LogP contribution in [0.1, 0.15) is 35.2 Å². The Balaban J connectivity index is 0.000000420. The minimum Gasteiger partial charge on any atom is -0.496 e. The Labute approximate surface area is 187 Å². The highest BCUT2D eigenvalue weighted by atomic mass is 35.5. The molecule has 2 rings (SSSR count). The number of hydrogen-bond donors (Lipinski definition) is 4. The molecule has 9 heteroatoms. The summed E-state index contributed by atoms with van der Waals surface area (Å²) in [7, 11) is 1.65. The first-order valence-electron chi connectivity index (χ1n) is 9.21. The maximum Gasteiger partial charge on any atom is 0.320 e. The lowest BCUT2D eigenvalue weighted by Gasteiger charge is -2.03. The van der Waals surface area contributed by atoms with Crippen molar-refractivity contribution in [2.45, 2.75) is 31.8 Å². The predicted octanol–water partition coefficient (Wildman–Crippen LogP) is 3.49. The van der Waals surface area contributed by atoms with Gasteiger partial charge in [-0.2, -0.15) is 0 Å². The first-order valence-corrected chi connectivity index (χ1v) is 9.96.